The molecular weight excluding hydrogens is 344 g/mol. The fraction of sp³-hybridized carbons (Fsp3) is 0.450. The molecule has 0 bridgehead atoms. The van der Waals surface area contributed by atoms with Crippen molar-refractivity contribution in [3.05, 3.63) is 54.1 Å². The molecule has 7 heteroatoms. The van der Waals surface area contributed by atoms with Crippen molar-refractivity contribution in [2.75, 3.05) is 26.8 Å². The number of hydrogen-bond donors (Lipinski definition) is 0. The summed E-state index contributed by atoms with van der Waals surface area (Å²) in [5.74, 6) is -0.0627. The van der Waals surface area contributed by atoms with Gasteiger partial charge in [-0.1, -0.05) is 6.07 Å². The van der Waals surface area contributed by atoms with E-state index in [-0.39, 0.29) is 24.5 Å². The maximum atomic E-state index is 12.9. The van der Waals surface area contributed by atoms with Gasteiger partial charge in [0.05, 0.1) is 0 Å². The van der Waals surface area contributed by atoms with Gasteiger partial charge in [-0.2, -0.15) is 0 Å². The van der Waals surface area contributed by atoms with Gasteiger partial charge in [0, 0.05) is 58.4 Å². The molecule has 1 atom stereocenters. The molecule has 144 valence electrons. The van der Waals surface area contributed by atoms with Crippen LogP contribution < -0.4 is 0 Å². The molecule has 27 heavy (non-hydrogen) atoms. The number of aromatic nitrogens is 2. The predicted octanol–water partition coefficient (Wildman–Crippen LogP) is 1.70. The standard InChI is InChI=1S/C20H26N4O3/c1-22-10-5-8-18(22)20(26)23-11-4-7-17(14-23)24(19(25)15-27-2)13-16-6-3-9-21-12-16/h3,5-6,8-10,12,17H,4,7,11,13-15H2,1-2H3. The number of likely N-dealkylation sites (tertiary alicyclic amines) is 1. The summed E-state index contributed by atoms with van der Waals surface area (Å²) >= 11 is 0. The Bertz CT molecular complexity index is 775. The normalized spacial score (nSPS) is 17.0. The lowest BCUT2D eigenvalue weighted by molar-refractivity contribution is -0.139. The zero-order valence-corrected chi connectivity index (χ0v) is 15.9. The molecule has 2 aromatic heterocycles. The van der Waals surface area contributed by atoms with E-state index >= 15 is 0 Å². The zero-order valence-electron chi connectivity index (χ0n) is 15.9. The number of piperidine rings is 1. The van der Waals surface area contributed by atoms with E-state index in [1.165, 1.54) is 7.11 Å². The molecule has 3 heterocycles. The average molecular weight is 370 g/mol. The molecule has 7 nitrogen and oxygen atoms in total. The molecular formula is C20H26N4O3. The maximum absolute atomic E-state index is 12.9. The van der Waals surface area contributed by atoms with Gasteiger partial charge in [-0.25, -0.2) is 0 Å². The fourth-order valence-electron chi connectivity index (χ4n) is 3.55. The number of methoxy groups -OCH3 is 1. The van der Waals surface area contributed by atoms with Crippen LogP contribution in [0.25, 0.3) is 0 Å². The first-order valence-electron chi connectivity index (χ1n) is 9.18. The minimum absolute atomic E-state index is 0.00715. The van der Waals surface area contributed by atoms with Gasteiger partial charge in [-0.15, -0.1) is 0 Å². The van der Waals surface area contributed by atoms with Crippen LogP contribution in [0.2, 0.25) is 0 Å². The van der Waals surface area contributed by atoms with Gasteiger partial charge in [0.25, 0.3) is 5.91 Å². The van der Waals surface area contributed by atoms with Gasteiger partial charge < -0.3 is 19.1 Å². The minimum atomic E-state index is -0.0699. The van der Waals surface area contributed by atoms with E-state index in [4.69, 9.17) is 4.74 Å². The zero-order chi connectivity index (χ0) is 19.2. The molecule has 0 aliphatic carbocycles. The first-order chi connectivity index (χ1) is 13.1. The number of nitrogens with zero attached hydrogens (tertiary/aromatic N) is 4. The Morgan fingerprint density at radius 2 is 2.19 bits per heavy atom. The van der Waals surface area contributed by atoms with Crippen LogP contribution >= 0.6 is 0 Å². The Balaban J connectivity index is 1.76. The molecule has 1 aliphatic rings. The van der Waals surface area contributed by atoms with Crippen molar-refractivity contribution in [2.45, 2.75) is 25.4 Å². The van der Waals surface area contributed by atoms with Crippen LogP contribution in [-0.2, 0) is 23.1 Å². The number of ether oxygens (including phenoxy) is 1. The van der Waals surface area contributed by atoms with Gasteiger partial charge in [0.2, 0.25) is 5.91 Å². The van der Waals surface area contributed by atoms with Crippen LogP contribution in [0.5, 0.6) is 0 Å². The molecule has 0 aromatic carbocycles. The van der Waals surface area contributed by atoms with Gasteiger partial charge >= 0.3 is 0 Å². The van der Waals surface area contributed by atoms with Crippen molar-refractivity contribution in [1.29, 1.82) is 0 Å². The minimum Gasteiger partial charge on any atom is -0.375 e. The van der Waals surface area contributed by atoms with E-state index < -0.39 is 0 Å². The van der Waals surface area contributed by atoms with Crippen LogP contribution in [-0.4, -0.2) is 64.0 Å². The van der Waals surface area contributed by atoms with Crippen LogP contribution in [0.1, 0.15) is 28.9 Å². The lowest BCUT2D eigenvalue weighted by atomic mass is 10.0. The highest BCUT2D eigenvalue weighted by Crippen LogP contribution is 2.20. The molecule has 0 N–H and O–H groups in total. The molecule has 1 fully saturated rings. The molecule has 2 amide bonds. The third-order valence-electron chi connectivity index (χ3n) is 4.95. The van der Waals surface area contributed by atoms with Crippen molar-refractivity contribution in [3.63, 3.8) is 0 Å². The summed E-state index contributed by atoms with van der Waals surface area (Å²) in [5, 5.41) is 0. The number of amides is 2. The molecule has 1 unspecified atom stereocenters. The lowest BCUT2D eigenvalue weighted by Gasteiger charge is -2.39. The first kappa shape index (κ1) is 19.1. The predicted molar refractivity (Wildman–Crippen MR) is 101 cm³/mol. The highest BCUT2D eigenvalue weighted by molar-refractivity contribution is 5.93. The van der Waals surface area contributed by atoms with Crippen LogP contribution in [0.3, 0.4) is 0 Å². The largest absolute Gasteiger partial charge is 0.375 e. The molecule has 0 radical (unpaired) electrons. The van der Waals surface area contributed by atoms with E-state index in [9.17, 15) is 9.59 Å². The van der Waals surface area contributed by atoms with E-state index in [1.807, 2.05) is 51.9 Å². The Hall–Kier alpha value is -2.67. The van der Waals surface area contributed by atoms with Crippen molar-refractivity contribution in [2.24, 2.45) is 7.05 Å². The van der Waals surface area contributed by atoms with Crippen LogP contribution in [0.4, 0.5) is 0 Å². The Morgan fingerprint density at radius 1 is 1.33 bits per heavy atom. The number of rotatable bonds is 6. The second kappa shape index (κ2) is 8.81. The van der Waals surface area contributed by atoms with Crippen molar-refractivity contribution >= 4 is 11.8 Å². The van der Waals surface area contributed by atoms with Gasteiger partial charge in [0.15, 0.2) is 0 Å². The average Bonchev–Trinajstić information content (AvgIpc) is 3.12. The monoisotopic (exact) mass is 370 g/mol. The summed E-state index contributed by atoms with van der Waals surface area (Å²) in [6.07, 6.45) is 7.08. The number of hydrogen-bond acceptors (Lipinski definition) is 4. The first-order valence-corrected chi connectivity index (χ1v) is 9.18. The van der Waals surface area contributed by atoms with Gasteiger partial charge in [-0.3, -0.25) is 14.6 Å². The number of aryl methyl sites for hydroxylation is 1. The fourth-order valence-corrected chi connectivity index (χ4v) is 3.55. The Kier molecular flexibility index (Phi) is 6.24. The van der Waals surface area contributed by atoms with Gasteiger partial charge in [-0.05, 0) is 36.6 Å². The maximum Gasteiger partial charge on any atom is 0.270 e. The molecule has 1 saturated heterocycles. The molecule has 1 aliphatic heterocycles. The smallest absolute Gasteiger partial charge is 0.270 e. The molecule has 3 rings (SSSR count). The Morgan fingerprint density at radius 3 is 2.85 bits per heavy atom. The second-order valence-electron chi connectivity index (χ2n) is 6.87. The highest BCUT2D eigenvalue weighted by atomic mass is 16.5. The lowest BCUT2D eigenvalue weighted by Crippen LogP contribution is -2.52. The summed E-state index contributed by atoms with van der Waals surface area (Å²) < 4.78 is 6.90. The summed E-state index contributed by atoms with van der Waals surface area (Å²) in [6, 6.07) is 7.47. The summed E-state index contributed by atoms with van der Waals surface area (Å²) in [7, 11) is 3.39. The van der Waals surface area contributed by atoms with E-state index in [2.05, 4.69) is 4.98 Å². The number of carbonyl (C=O) groups excluding carboxylic acids is 2. The van der Waals surface area contributed by atoms with Crippen molar-refractivity contribution < 1.29 is 14.3 Å². The van der Waals surface area contributed by atoms with E-state index in [1.54, 1.807) is 12.4 Å². The topological polar surface area (TPSA) is 67.7 Å². The van der Waals surface area contributed by atoms with Crippen molar-refractivity contribution in [3.8, 4) is 0 Å². The second-order valence-corrected chi connectivity index (χ2v) is 6.87. The van der Waals surface area contributed by atoms with E-state index in [0.717, 1.165) is 18.4 Å². The van der Waals surface area contributed by atoms with Crippen molar-refractivity contribution in [1.82, 2.24) is 19.4 Å². The summed E-state index contributed by atoms with van der Waals surface area (Å²) in [4.78, 5) is 33.4. The third-order valence-corrected chi connectivity index (χ3v) is 4.95. The number of pyridine rings is 1. The van der Waals surface area contributed by atoms with Crippen LogP contribution in [0, 0.1) is 0 Å². The quantitative estimate of drug-likeness (QED) is 0.776. The Labute approximate surface area is 159 Å². The molecule has 0 saturated carbocycles. The number of carbonyl (C=O) groups is 2. The van der Waals surface area contributed by atoms with Crippen LogP contribution in [0.15, 0.2) is 42.9 Å². The molecule has 0 spiro atoms. The van der Waals surface area contributed by atoms with Gasteiger partial charge in [0.1, 0.15) is 12.3 Å². The molecule has 2 aromatic rings. The SMILES string of the molecule is COCC(=O)N(Cc1cccnc1)C1CCCN(C(=O)c2cccn2C)C1. The highest BCUT2D eigenvalue weighted by Gasteiger charge is 2.31. The summed E-state index contributed by atoms with van der Waals surface area (Å²) in [5.41, 5.74) is 1.63. The third kappa shape index (κ3) is 4.54. The summed E-state index contributed by atoms with van der Waals surface area (Å²) in [6.45, 7) is 1.73. The van der Waals surface area contributed by atoms with E-state index in [0.29, 0.717) is 25.3 Å².